The number of rotatable bonds is 2. The average Bonchev–Trinajstić information content (AvgIpc) is 3.16. The van der Waals surface area contributed by atoms with Crippen LogP contribution in [0.4, 0.5) is 0 Å². The molecule has 1 saturated heterocycles. The van der Waals surface area contributed by atoms with Gasteiger partial charge in [0.1, 0.15) is 10.8 Å². The lowest BCUT2D eigenvalue weighted by Gasteiger charge is -2.34. The van der Waals surface area contributed by atoms with Crippen molar-refractivity contribution in [2.45, 2.75) is 58.0 Å². The van der Waals surface area contributed by atoms with Crippen molar-refractivity contribution in [1.82, 2.24) is 25.0 Å². The molecule has 3 aromatic rings. The molecule has 2 aromatic heterocycles. The molecule has 0 bridgehead atoms. The van der Waals surface area contributed by atoms with Crippen molar-refractivity contribution in [3.05, 3.63) is 62.5 Å². The number of aryl methyl sites for hydroxylation is 1. The number of piperidine rings is 1. The topological polar surface area (TPSA) is 63.1 Å². The summed E-state index contributed by atoms with van der Waals surface area (Å²) in [4.78, 5) is 17.1. The van der Waals surface area contributed by atoms with Gasteiger partial charge in [-0.15, -0.1) is 21.5 Å². The number of benzene rings is 1. The summed E-state index contributed by atoms with van der Waals surface area (Å²) in [7, 11) is 0. The van der Waals surface area contributed by atoms with E-state index in [1.807, 2.05) is 36.5 Å². The van der Waals surface area contributed by atoms with E-state index in [1.54, 1.807) is 0 Å². The molecular weight excluding hydrogens is 466 g/mol. The number of carbonyl (C=O) groups excluding carboxylic acids is 1. The van der Waals surface area contributed by atoms with E-state index in [1.165, 1.54) is 40.3 Å². The quantitative estimate of drug-likeness (QED) is 0.566. The highest BCUT2D eigenvalue weighted by Gasteiger charge is 2.48. The zero-order valence-corrected chi connectivity index (χ0v) is 20.9. The molecule has 1 aromatic carbocycles. The fraction of sp³-hybridized carbons (Fsp3) is 0.500. The molecule has 1 amide bonds. The van der Waals surface area contributed by atoms with Crippen molar-refractivity contribution in [3.8, 4) is 5.00 Å². The third kappa shape index (κ3) is 3.20. The second-order valence-electron chi connectivity index (χ2n) is 10.5. The maximum Gasteiger partial charge on any atom is 0.226 e. The van der Waals surface area contributed by atoms with Gasteiger partial charge in [0.15, 0.2) is 5.82 Å². The van der Waals surface area contributed by atoms with Gasteiger partial charge in [-0.2, -0.15) is 0 Å². The Morgan fingerprint density at radius 2 is 2.06 bits per heavy atom. The highest BCUT2D eigenvalue weighted by atomic mass is 35.5. The number of fused-ring (bicyclic) bond motifs is 5. The molecule has 1 saturated carbocycles. The van der Waals surface area contributed by atoms with Crippen molar-refractivity contribution in [2.75, 3.05) is 13.1 Å². The molecule has 2 unspecified atom stereocenters. The Bertz CT molecular complexity index is 1310. The van der Waals surface area contributed by atoms with E-state index >= 15 is 0 Å². The minimum Gasteiger partial charge on any atom is -0.342 e. The molecule has 4 aliphatic rings. The van der Waals surface area contributed by atoms with Crippen LogP contribution in [0.25, 0.3) is 5.00 Å². The smallest absolute Gasteiger partial charge is 0.226 e. The van der Waals surface area contributed by atoms with E-state index in [0.717, 1.165) is 54.6 Å². The minimum atomic E-state index is -0.0385. The predicted octanol–water partition coefficient (Wildman–Crippen LogP) is 4.60. The summed E-state index contributed by atoms with van der Waals surface area (Å²) in [5.41, 5.74) is 4.11. The number of likely N-dealkylation sites (tertiary alicyclic amines) is 1. The third-order valence-electron chi connectivity index (χ3n) is 8.34. The second kappa shape index (κ2) is 7.64. The number of hydrogen-bond donors (Lipinski definition) is 1. The zero-order chi connectivity index (χ0) is 23.0. The predicted molar refractivity (Wildman–Crippen MR) is 132 cm³/mol. The van der Waals surface area contributed by atoms with E-state index in [0.29, 0.717) is 17.9 Å². The molecule has 2 aliphatic carbocycles. The molecule has 1 spiro atoms. The van der Waals surface area contributed by atoms with Crippen molar-refractivity contribution >= 4 is 28.8 Å². The molecule has 2 aliphatic heterocycles. The SMILES string of the molecule is Cc1nnc2n1-c1sc3c(c1C(c1ccccc1Cl)NC2)CC(C(=O)N1CCCC2(CC2)C1)C3. The van der Waals surface area contributed by atoms with Crippen molar-refractivity contribution in [3.63, 3.8) is 0 Å². The summed E-state index contributed by atoms with van der Waals surface area (Å²) in [6.07, 6.45) is 6.70. The average molecular weight is 494 g/mol. The maximum atomic E-state index is 13.6. The minimum absolute atomic E-state index is 0.0385. The van der Waals surface area contributed by atoms with E-state index in [2.05, 4.69) is 31.0 Å². The van der Waals surface area contributed by atoms with Gasteiger partial charge in [-0.1, -0.05) is 29.8 Å². The zero-order valence-electron chi connectivity index (χ0n) is 19.3. The van der Waals surface area contributed by atoms with Gasteiger partial charge < -0.3 is 4.90 Å². The van der Waals surface area contributed by atoms with Gasteiger partial charge in [-0.25, -0.2) is 0 Å². The first-order valence-electron chi connectivity index (χ1n) is 12.4. The summed E-state index contributed by atoms with van der Waals surface area (Å²) < 4.78 is 2.19. The fourth-order valence-corrected chi connectivity index (χ4v) is 8.14. The molecule has 4 heterocycles. The highest BCUT2D eigenvalue weighted by Crippen LogP contribution is 2.53. The monoisotopic (exact) mass is 493 g/mol. The number of amides is 1. The Labute approximate surface area is 208 Å². The number of carbonyl (C=O) groups is 1. The van der Waals surface area contributed by atoms with E-state index in [4.69, 9.17) is 11.6 Å². The number of nitrogens with zero attached hydrogens (tertiary/aromatic N) is 4. The molecule has 176 valence electrons. The molecule has 2 atom stereocenters. The fourth-order valence-electron chi connectivity index (χ4n) is 6.38. The Kier molecular flexibility index (Phi) is 4.74. The van der Waals surface area contributed by atoms with Crippen LogP contribution in [0.3, 0.4) is 0 Å². The highest BCUT2D eigenvalue weighted by molar-refractivity contribution is 7.15. The maximum absolute atomic E-state index is 13.6. The van der Waals surface area contributed by atoms with E-state index < -0.39 is 0 Å². The van der Waals surface area contributed by atoms with Crippen molar-refractivity contribution in [2.24, 2.45) is 11.3 Å². The first kappa shape index (κ1) is 21.1. The van der Waals surface area contributed by atoms with Gasteiger partial charge in [-0.3, -0.25) is 14.7 Å². The van der Waals surface area contributed by atoms with Crippen molar-refractivity contribution in [1.29, 1.82) is 0 Å². The van der Waals surface area contributed by atoms with Gasteiger partial charge in [-0.05, 0) is 68.1 Å². The van der Waals surface area contributed by atoms with Gasteiger partial charge in [0.05, 0.1) is 12.6 Å². The van der Waals surface area contributed by atoms with E-state index in [9.17, 15) is 4.79 Å². The number of hydrogen-bond acceptors (Lipinski definition) is 5. The third-order valence-corrected chi connectivity index (χ3v) is 9.94. The van der Waals surface area contributed by atoms with Crippen LogP contribution >= 0.6 is 22.9 Å². The Morgan fingerprint density at radius 3 is 2.88 bits per heavy atom. The molecule has 1 N–H and O–H groups in total. The van der Waals surface area contributed by atoms with Crippen LogP contribution < -0.4 is 5.32 Å². The van der Waals surface area contributed by atoms with Crippen LogP contribution in [0.1, 0.15) is 64.9 Å². The van der Waals surface area contributed by atoms with Crippen molar-refractivity contribution < 1.29 is 4.79 Å². The Morgan fingerprint density at radius 1 is 1.21 bits per heavy atom. The van der Waals surface area contributed by atoms with Gasteiger partial charge in [0, 0.05) is 34.5 Å². The van der Waals surface area contributed by atoms with Crippen LogP contribution in [0.5, 0.6) is 0 Å². The van der Waals surface area contributed by atoms with Gasteiger partial charge in [0.2, 0.25) is 5.91 Å². The number of nitrogens with one attached hydrogen (secondary N) is 1. The second-order valence-corrected chi connectivity index (χ2v) is 12.0. The lowest BCUT2D eigenvalue weighted by Crippen LogP contribution is -2.44. The molecule has 6 nitrogen and oxygen atoms in total. The molecule has 34 heavy (non-hydrogen) atoms. The number of thiophene rings is 1. The summed E-state index contributed by atoms with van der Waals surface area (Å²) in [5, 5.41) is 14.4. The summed E-state index contributed by atoms with van der Waals surface area (Å²) in [5.74, 6) is 2.23. The molecule has 2 fully saturated rings. The van der Waals surface area contributed by atoms with Crippen LogP contribution in [0.2, 0.25) is 5.02 Å². The summed E-state index contributed by atoms with van der Waals surface area (Å²) in [6, 6.07) is 8.04. The standard InChI is InChI=1S/C26H28ClN5OS/c1-15-29-30-21-13-28-23(17-5-2-3-6-19(17)27)22-18-11-16(12-20(18)34-25(22)32(15)21)24(33)31-10-4-7-26(14-31)8-9-26/h2-3,5-6,16,23,28H,4,7-14H2,1H3. The largest absolute Gasteiger partial charge is 0.342 e. The molecule has 0 radical (unpaired) electrons. The van der Waals surface area contributed by atoms with Gasteiger partial charge in [0.25, 0.3) is 0 Å². The number of halogens is 1. The van der Waals surface area contributed by atoms with Crippen LogP contribution in [-0.4, -0.2) is 38.7 Å². The Hall–Kier alpha value is -2.22. The number of aromatic nitrogens is 3. The van der Waals surface area contributed by atoms with Crippen LogP contribution in [0, 0.1) is 18.3 Å². The Balaban J connectivity index is 1.27. The molecular formula is C26H28ClN5OS. The summed E-state index contributed by atoms with van der Waals surface area (Å²) >= 11 is 8.51. The van der Waals surface area contributed by atoms with E-state index in [-0.39, 0.29) is 12.0 Å². The normalized spacial score (nSPS) is 24.5. The summed E-state index contributed by atoms with van der Waals surface area (Å²) in [6.45, 7) is 4.53. The first-order valence-corrected chi connectivity index (χ1v) is 13.5. The van der Waals surface area contributed by atoms with Crippen LogP contribution in [0.15, 0.2) is 24.3 Å². The van der Waals surface area contributed by atoms with Crippen LogP contribution in [-0.2, 0) is 24.2 Å². The van der Waals surface area contributed by atoms with Gasteiger partial charge >= 0.3 is 0 Å². The first-order chi connectivity index (χ1) is 16.5. The molecule has 7 rings (SSSR count). The molecule has 8 heteroatoms. The lowest BCUT2D eigenvalue weighted by atomic mass is 9.92. The lowest BCUT2D eigenvalue weighted by molar-refractivity contribution is -0.137.